The molecule has 4 aliphatic carbocycles. The molecule has 56 heavy (non-hydrogen) atoms. The largest absolute Gasteiger partial charge is 0.310 e. The van der Waals surface area contributed by atoms with Crippen molar-refractivity contribution in [2.75, 3.05) is 4.90 Å². The molecule has 0 heterocycles. The Labute approximate surface area is 331 Å². The summed E-state index contributed by atoms with van der Waals surface area (Å²) in [6.07, 6.45) is 8.90. The molecule has 7 aromatic carbocycles. The molecule has 11 rings (SSSR count). The zero-order valence-electron chi connectivity index (χ0n) is 32.6. The third-order valence-corrected chi connectivity index (χ3v) is 13.6. The van der Waals surface area contributed by atoms with E-state index in [1.165, 1.54) is 89.3 Å². The summed E-state index contributed by atoms with van der Waals surface area (Å²) < 4.78 is 0. The average Bonchev–Trinajstić information content (AvgIpc) is 3.67. The summed E-state index contributed by atoms with van der Waals surface area (Å²) >= 11 is 0. The number of fused-ring (bicyclic) bond motifs is 12. The van der Waals surface area contributed by atoms with Crippen molar-refractivity contribution in [2.45, 2.75) is 56.8 Å². The van der Waals surface area contributed by atoms with Gasteiger partial charge < -0.3 is 4.90 Å². The summed E-state index contributed by atoms with van der Waals surface area (Å²) in [4.78, 5) is 2.54. The minimum atomic E-state index is -0.456. The van der Waals surface area contributed by atoms with Crippen molar-refractivity contribution < 1.29 is 0 Å². The van der Waals surface area contributed by atoms with Gasteiger partial charge >= 0.3 is 0 Å². The van der Waals surface area contributed by atoms with Crippen LogP contribution in [-0.2, 0) is 16.2 Å². The van der Waals surface area contributed by atoms with Crippen molar-refractivity contribution in [1.82, 2.24) is 0 Å². The first kappa shape index (κ1) is 33.2. The summed E-state index contributed by atoms with van der Waals surface area (Å²) in [7, 11) is 0. The average molecular weight is 720 g/mol. The lowest BCUT2D eigenvalue weighted by atomic mass is 9.55. The number of nitrogens with zero attached hydrogens (tertiary/aromatic N) is 1. The van der Waals surface area contributed by atoms with Gasteiger partial charge in [-0.15, -0.1) is 0 Å². The van der Waals surface area contributed by atoms with Crippen LogP contribution in [0.25, 0.3) is 27.8 Å². The first-order valence-corrected chi connectivity index (χ1v) is 20.3. The fraction of sp³-hybridized carbons (Fsp3) is 0.164. The van der Waals surface area contributed by atoms with Gasteiger partial charge in [-0.05, 0) is 116 Å². The number of hydrogen-bond acceptors (Lipinski definition) is 1. The molecular formula is C55H45N. The van der Waals surface area contributed by atoms with Crippen LogP contribution >= 0.6 is 0 Å². The molecule has 1 heteroatoms. The minimum Gasteiger partial charge on any atom is -0.310 e. The van der Waals surface area contributed by atoms with Gasteiger partial charge in [0.05, 0.1) is 11.1 Å². The van der Waals surface area contributed by atoms with Crippen LogP contribution in [0, 0.1) is 0 Å². The van der Waals surface area contributed by atoms with Crippen LogP contribution in [0.1, 0.15) is 90.6 Å². The van der Waals surface area contributed by atoms with Gasteiger partial charge in [-0.25, -0.2) is 0 Å². The molecule has 270 valence electrons. The number of hydrogen-bond donors (Lipinski definition) is 0. The van der Waals surface area contributed by atoms with Crippen molar-refractivity contribution >= 4 is 22.6 Å². The predicted octanol–water partition coefficient (Wildman–Crippen LogP) is 14.2. The fourth-order valence-electron chi connectivity index (χ4n) is 11.0. The van der Waals surface area contributed by atoms with Gasteiger partial charge in [-0.3, -0.25) is 0 Å². The monoisotopic (exact) mass is 719 g/mol. The SMILES string of the molecule is CC1(C)c2ccccc2-c2ccc(N(c3ccc(C4=CC=CCC4)cc3)c3cccc4c3-c3ccccc3C43c4ccccc4C(C)(C)c4ccccc43)cc21. The minimum absolute atomic E-state index is 0.115. The molecule has 0 atom stereocenters. The van der Waals surface area contributed by atoms with Crippen LogP contribution in [0.2, 0.25) is 0 Å². The molecule has 0 bridgehead atoms. The van der Waals surface area contributed by atoms with Crippen molar-refractivity contribution in [2.24, 2.45) is 0 Å². The van der Waals surface area contributed by atoms with Crippen LogP contribution in [0.3, 0.4) is 0 Å². The molecule has 0 saturated heterocycles. The van der Waals surface area contributed by atoms with Gasteiger partial charge in [0, 0.05) is 27.8 Å². The van der Waals surface area contributed by atoms with Crippen molar-refractivity contribution in [1.29, 1.82) is 0 Å². The molecule has 4 aliphatic rings. The standard InChI is InChI=1S/C55H45N/c1-53(2)43-21-10-8-19-40(43)41-34-33-39(35-50(41)53)56(38-31-29-37(30-32-38)36-17-6-5-7-18-36)51-28-16-27-49-52(51)42-20-9-11-22-44(42)55(49)47-25-14-12-23-45(47)54(3,4)46-24-13-15-26-48(46)55/h5-6,8-17,19-35H,7,18H2,1-4H3. The highest BCUT2D eigenvalue weighted by molar-refractivity contribution is 5.99. The predicted molar refractivity (Wildman–Crippen MR) is 234 cm³/mol. The van der Waals surface area contributed by atoms with Gasteiger partial charge in [0.15, 0.2) is 0 Å². The first-order chi connectivity index (χ1) is 27.3. The molecule has 1 spiro atoms. The van der Waals surface area contributed by atoms with E-state index in [0.717, 1.165) is 18.5 Å². The van der Waals surface area contributed by atoms with Crippen LogP contribution in [-0.4, -0.2) is 0 Å². The molecule has 0 radical (unpaired) electrons. The van der Waals surface area contributed by atoms with E-state index < -0.39 is 5.41 Å². The normalized spacial score (nSPS) is 16.9. The molecule has 7 aromatic rings. The van der Waals surface area contributed by atoms with Crippen LogP contribution in [0.5, 0.6) is 0 Å². The van der Waals surface area contributed by atoms with E-state index >= 15 is 0 Å². The molecule has 0 fully saturated rings. The Kier molecular flexibility index (Phi) is 7.06. The van der Waals surface area contributed by atoms with E-state index in [9.17, 15) is 0 Å². The molecule has 0 aliphatic heterocycles. The van der Waals surface area contributed by atoms with Gasteiger partial charge in [0.25, 0.3) is 0 Å². The van der Waals surface area contributed by atoms with Crippen molar-refractivity contribution in [3.63, 3.8) is 0 Å². The lowest BCUT2D eigenvalue weighted by molar-refractivity contribution is 0.563. The van der Waals surface area contributed by atoms with E-state index in [1.807, 2.05) is 0 Å². The molecular weight excluding hydrogens is 675 g/mol. The van der Waals surface area contributed by atoms with Gasteiger partial charge in [-0.2, -0.15) is 0 Å². The number of rotatable bonds is 4. The van der Waals surface area contributed by atoms with Gasteiger partial charge in [0.2, 0.25) is 0 Å². The highest BCUT2D eigenvalue weighted by atomic mass is 15.1. The molecule has 0 unspecified atom stereocenters. The summed E-state index contributed by atoms with van der Waals surface area (Å²) in [5, 5.41) is 0. The Morgan fingerprint density at radius 2 is 1.00 bits per heavy atom. The number of allylic oxidation sites excluding steroid dienone is 4. The Balaban J connectivity index is 1.19. The summed E-state index contributed by atoms with van der Waals surface area (Å²) in [6.45, 7) is 9.56. The van der Waals surface area contributed by atoms with E-state index in [0.29, 0.717) is 0 Å². The zero-order chi connectivity index (χ0) is 37.8. The Morgan fingerprint density at radius 3 is 1.68 bits per heavy atom. The molecule has 0 saturated carbocycles. The quantitative estimate of drug-likeness (QED) is 0.175. The Hall–Kier alpha value is -6.18. The Bertz CT molecular complexity index is 2760. The summed E-state index contributed by atoms with van der Waals surface area (Å²) in [6, 6.07) is 60.2. The molecule has 0 aromatic heterocycles. The van der Waals surface area contributed by atoms with E-state index in [4.69, 9.17) is 0 Å². The third-order valence-electron chi connectivity index (χ3n) is 13.6. The van der Waals surface area contributed by atoms with E-state index in [2.05, 4.69) is 209 Å². The van der Waals surface area contributed by atoms with Gasteiger partial charge in [-0.1, -0.05) is 173 Å². The zero-order valence-corrected chi connectivity index (χ0v) is 32.6. The Morgan fingerprint density at radius 1 is 0.446 bits per heavy atom. The second-order valence-corrected chi connectivity index (χ2v) is 17.2. The second kappa shape index (κ2) is 11.9. The summed E-state index contributed by atoms with van der Waals surface area (Å²) in [5.41, 5.74) is 21.8. The highest BCUT2D eigenvalue weighted by Crippen LogP contribution is 2.64. The van der Waals surface area contributed by atoms with Crippen molar-refractivity contribution in [3.05, 3.63) is 226 Å². The number of benzene rings is 7. The van der Waals surface area contributed by atoms with Crippen molar-refractivity contribution in [3.8, 4) is 22.3 Å². The maximum Gasteiger partial charge on any atom is 0.0720 e. The lowest BCUT2D eigenvalue weighted by Gasteiger charge is -2.46. The molecule has 1 nitrogen and oxygen atoms in total. The smallest absolute Gasteiger partial charge is 0.0720 e. The first-order valence-electron chi connectivity index (χ1n) is 20.3. The third kappa shape index (κ3) is 4.37. The highest BCUT2D eigenvalue weighted by Gasteiger charge is 2.54. The van der Waals surface area contributed by atoms with E-state index in [1.54, 1.807) is 0 Å². The maximum atomic E-state index is 2.54. The van der Waals surface area contributed by atoms with Gasteiger partial charge in [0.1, 0.15) is 0 Å². The number of anilines is 3. The van der Waals surface area contributed by atoms with Crippen LogP contribution in [0.15, 0.2) is 176 Å². The fourth-order valence-corrected chi connectivity index (χ4v) is 11.0. The lowest BCUT2D eigenvalue weighted by Crippen LogP contribution is -2.40. The maximum absolute atomic E-state index is 2.54. The topological polar surface area (TPSA) is 3.24 Å². The molecule has 0 amide bonds. The second-order valence-electron chi connectivity index (χ2n) is 17.2. The van der Waals surface area contributed by atoms with E-state index in [-0.39, 0.29) is 10.8 Å². The van der Waals surface area contributed by atoms with Crippen LogP contribution < -0.4 is 4.90 Å². The molecule has 0 N–H and O–H groups in total. The summed E-state index contributed by atoms with van der Waals surface area (Å²) in [5.74, 6) is 0. The van der Waals surface area contributed by atoms with Crippen LogP contribution in [0.4, 0.5) is 17.1 Å².